The third-order valence-electron chi connectivity index (χ3n) is 3.14. The van der Waals surface area contributed by atoms with E-state index in [-0.39, 0.29) is 5.82 Å². The van der Waals surface area contributed by atoms with Gasteiger partial charge in [-0.15, -0.1) is 0 Å². The first-order valence-electron chi connectivity index (χ1n) is 5.41. The SMILES string of the molecule is CC1CCCC1Nc1snc(N)c1C(N)=O. The van der Waals surface area contributed by atoms with E-state index in [1.54, 1.807) is 0 Å². The van der Waals surface area contributed by atoms with E-state index in [0.29, 0.717) is 22.5 Å². The number of carbonyl (C=O) groups is 1. The number of nitrogens with zero attached hydrogens (tertiary/aromatic N) is 1. The minimum absolute atomic E-state index is 0.227. The maximum Gasteiger partial charge on any atom is 0.255 e. The molecule has 1 saturated carbocycles. The number of nitrogens with two attached hydrogens (primary N) is 2. The van der Waals surface area contributed by atoms with Crippen LogP contribution in [0.5, 0.6) is 0 Å². The molecule has 0 spiro atoms. The highest BCUT2D eigenvalue weighted by Crippen LogP contribution is 2.32. The molecule has 5 N–H and O–H groups in total. The highest BCUT2D eigenvalue weighted by Gasteiger charge is 2.26. The smallest absolute Gasteiger partial charge is 0.255 e. The van der Waals surface area contributed by atoms with Gasteiger partial charge in [-0.1, -0.05) is 13.3 Å². The van der Waals surface area contributed by atoms with Crippen molar-refractivity contribution in [2.45, 2.75) is 32.2 Å². The van der Waals surface area contributed by atoms with E-state index in [1.807, 2.05) is 0 Å². The van der Waals surface area contributed by atoms with Crippen LogP contribution in [0.25, 0.3) is 0 Å². The van der Waals surface area contributed by atoms with Crippen LogP contribution in [0, 0.1) is 5.92 Å². The largest absolute Gasteiger partial charge is 0.382 e. The van der Waals surface area contributed by atoms with Gasteiger partial charge in [0.2, 0.25) is 0 Å². The molecule has 2 rings (SSSR count). The van der Waals surface area contributed by atoms with E-state index in [9.17, 15) is 4.79 Å². The van der Waals surface area contributed by atoms with Crippen LogP contribution in [0.2, 0.25) is 0 Å². The second-order valence-electron chi connectivity index (χ2n) is 4.30. The highest BCUT2D eigenvalue weighted by molar-refractivity contribution is 7.11. The minimum Gasteiger partial charge on any atom is -0.382 e. The molecule has 2 atom stereocenters. The van der Waals surface area contributed by atoms with Gasteiger partial charge in [0, 0.05) is 6.04 Å². The number of aromatic nitrogens is 1. The summed E-state index contributed by atoms with van der Waals surface area (Å²) in [7, 11) is 0. The zero-order valence-corrected chi connectivity index (χ0v) is 10.0. The van der Waals surface area contributed by atoms with Crippen molar-refractivity contribution in [2.24, 2.45) is 11.7 Å². The molecule has 1 aromatic heterocycles. The molecule has 2 unspecified atom stereocenters. The van der Waals surface area contributed by atoms with Crippen LogP contribution in [0.3, 0.4) is 0 Å². The van der Waals surface area contributed by atoms with E-state index in [1.165, 1.54) is 24.4 Å². The number of amides is 1. The van der Waals surface area contributed by atoms with Gasteiger partial charge in [0.25, 0.3) is 5.91 Å². The third kappa shape index (κ3) is 1.97. The van der Waals surface area contributed by atoms with Gasteiger partial charge in [-0.25, -0.2) is 0 Å². The number of carbonyl (C=O) groups excluding carboxylic acids is 1. The zero-order valence-electron chi connectivity index (χ0n) is 9.19. The van der Waals surface area contributed by atoms with Gasteiger partial charge in [-0.3, -0.25) is 4.79 Å². The molecule has 1 aliphatic rings. The lowest BCUT2D eigenvalue weighted by Gasteiger charge is -2.17. The van der Waals surface area contributed by atoms with Crippen LogP contribution < -0.4 is 16.8 Å². The molecule has 1 heterocycles. The molecule has 1 aliphatic carbocycles. The summed E-state index contributed by atoms with van der Waals surface area (Å²) >= 11 is 1.21. The average molecular weight is 240 g/mol. The van der Waals surface area contributed by atoms with Gasteiger partial charge in [-0.2, -0.15) is 4.37 Å². The Labute approximate surface area is 98.4 Å². The van der Waals surface area contributed by atoms with Gasteiger partial charge in [0.1, 0.15) is 10.6 Å². The molecule has 88 valence electrons. The Hall–Kier alpha value is -1.30. The number of anilines is 2. The van der Waals surface area contributed by atoms with E-state index < -0.39 is 5.91 Å². The van der Waals surface area contributed by atoms with Crippen LogP contribution in [0.15, 0.2) is 0 Å². The van der Waals surface area contributed by atoms with Crippen molar-refractivity contribution in [1.82, 2.24) is 4.37 Å². The summed E-state index contributed by atoms with van der Waals surface area (Å²) in [5.74, 6) is 0.328. The van der Waals surface area contributed by atoms with Crippen LogP contribution >= 0.6 is 11.5 Å². The molecule has 1 amide bonds. The Kier molecular flexibility index (Phi) is 3.00. The Balaban J connectivity index is 2.18. The molecule has 16 heavy (non-hydrogen) atoms. The fourth-order valence-corrected chi connectivity index (χ4v) is 2.95. The molecule has 0 saturated heterocycles. The highest BCUT2D eigenvalue weighted by atomic mass is 32.1. The van der Waals surface area contributed by atoms with Crippen molar-refractivity contribution in [3.63, 3.8) is 0 Å². The fourth-order valence-electron chi connectivity index (χ4n) is 2.17. The lowest BCUT2D eigenvalue weighted by atomic mass is 10.1. The maximum atomic E-state index is 11.2. The molecule has 1 fully saturated rings. The summed E-state index contributed by atoms with van der Waals surface area (Å²) in [5.41, 5.74) is 11.2. The zero-order chi connectivity index (χ0) is 11.7. The lowest BCUT2D eigenvalue weighted by molar-refractivity contribution is 0.100. The second kappa shape index (κ2) is 4.29. The molecule has 5 nitrogen and oxygen atoms in total. The first-order valence-corrected chi connectivity index (χ1v) is 6.18. The summed E-state index contributed by atoms with van der Waals surface area (Å²) in [6, 6.07) is 0.401. The van der Waals surface area contributed by atoms with E-state index in [4.69, 9.17) is 11.5 Å². The van der Waals surface area contributed by atoms with Crippen molar-refractivity contribution in [2.75, 3.05) is 11.1 Å². The van der Waals surface area contributed by atoms with Gasteiger partial charge in [-0.05, 0) is 30.3 Å². The van der Waals surface area contributed by atoms with Crippen molar-refractivity contribution in [3.8, 4) is 0 Å². The predicted octanol–water partition coefficient (Wildman–Crippen LogP) is 1.42. The summed E-state index contributed by atoms with van der Waals surface area (Å²) in [5, 5.41) is 4.05. The van der Waals surface area contributed by atoms with Crippen molar-refractivity contribution >= 4 is 28.3 Å². The minimum atomic E-state index is -0.514. The molecule has 0 aliphatic heterocycles. The molecule has 0 radical (unpaired) electrons. The summed E-state index contributed by atoms with van der Waals surface area (Å²) < 4.78 is 3.96. The number of rotatable bonds is 3. The Morgan fingerprint density at radius 2 is 2.31 bits per heavy atom. The van der Waals surface area contributed by atoms with Gasteiger partial charge in [0.05, 0.1) is 0 Å². The first kappa shape index (κ1) is 11.2. The standard InChI is InChI=1S/C10H16N4OS/c1-5-3-2-4-6(5)13-10-7(9(12)15)8(11)14-16-10/h5-6,13H,2-4H2,1H3,(H2,11,14)(H2,12,15). The van der Waals surface area contributed by atoms with Crippen LogP contribution in [-0.2, 0) is 0 Å². The monoisotopic (exact) mass is 240 g/mol. The quantitative estimate of drug-likeness (QED) is 0.744. The summed E-state index contributed by atoms with van der Waals surface area (Å²) in [6.45, 7) is 2.21. The van der Waals surface area contributed by atoms with Crippen molar-refractivity contribution in [3.05, 3.63) is 5.56 Å². The molecular weight excluding hydrogens is 224 g/mol. The van der Waals surface area contributed by atoms with Crippen LogP contribution in [-0.4, -0.2) is 16.3 Å². The van der Waals surface area contributed by atoms with E-state index in [0.717, 1.165) is 6.42 Å². The topological polar surface area (TPSA) is 94.0 Å². The first-order chi connectivity index (χ1) is 7.59. The molecule has 0 aromatic carbocycles. The molecule has 6 heteroatoms. The number of nitrogen functional groups attached to an aromatic ring is 1. The second-order valence-corrected chi connectivity index (χ2v) is 5.07. The van der Waals surface area contributed by atoms with E-state index in [2.05, 4.69) is 16.6 Å². The summed E-state index contributed by atoms with van der Waals surface area (Å²) in [6.07, 6.45) is 3.56. The third-order valence-corrected chi connectivity index (χ3v) is 3.94. The predicted molar refractivity (Wildman–Crippen MR) is 65.5 cm³/mol. The number of primary amides is 1. The molecule has 0 bridgehead atoms. The average Bonchev–Trinajstić information content (AvgIpc) is 2.75. The van der Waals surface area contributed by atoms with Crippen LogP contribution in [0.4, 0.5) is 10.8 Å². The van der Waals surface area contributed by atoms with E-state index >= 15 is 0 Å². The van der Waals surface area contributed by atoms with Gasteiger partial charge in [0.15, 0.2) is 5.82 Å². The summed E-state index contributed by atoms with van der Waals surface area (Å²) in [4.78, 5) is 11.2. The van der Waals surface area contributed by atoms with Gasteiger partial charge < -0.3 is 16.8 Å². The lowest BCUT2D eigenvalue weighted by Crippen LogP contribution is -2.23. The Bertz CT molecular complexity index is 404. The molecule has 1 aromatic rings. The Morgan fingerprint density at radius 1 is 1.56 bits per heavy atom. The maximum absolute atomic E-state index is 11.2. The Morgan fingerprint density at radius 3 is 2.88 bits per heavy atom. The number of nitrogens with one attached hydrogen (secondary N) is 1. The molecular formula is C10H16N4OS. The normalized spacial score (nSPS) is 24.6. The van der Waals surface area contributed by atoms with Crippen LogP contribution in [0.1, 0.15) is 36.5 Å². The van der Waals surface area contributed by atoms with Gasteiger partial charge >= 0.3 is 0 Å². The number of hydrogen-bond acceptors (Lipinski definition) is 5. The van der Waals surface area contributed by atoms with Crippen molar-refractivity contribution < 1.29 is 4.79 Å². The van der Waals surface area contributed by atoms with Crippen molar-refractivity contribution in [1.29, 1.82) is 0 Å². The number of hydrogen-bond donors (Lipinski definition) is 3. The fraction of sp³-hybridized carbons (Fsp3) is 0.600.